The van der Waals surface area contributed by atoms with Gasteiger partial charge in [-0.2, -0.15) is 0 Å². The molecular weight excluding hydrogens is 232 g/mol. The van der Waals surface area contributed by atoms with E-state index in [0.29, 0.717) is 6.42 Å². The number of thiophene rings is 1. The Morgan fingerprint density at radius 1 is 1.35 bits per heavy atom. The van der Waals surface area contributed by atoms with E-state index >= 15 is 0 Å². The van der Waals surface area contributed by atoms with E-state index in [2.05, 4.69) is 36.6 Å². The lowest BCUT2D eigenvalue weighted by Crippen LogP contribution is -2.31. The average Bonchev–Trinajstić information content (AvgIpc) is 2.71. The average molecular weight is 254 g/mol. The van der Waals surface area contributed by atoms with Crippen LogP contribution in [0.4, 0.5) is 0 Å². The first-order chi connectivity index (χ1) is 8.22. The summed E-state index contributed by atoms with van der Waals surface area (Å²) < 4.78 is 0. The van der Waals surface area contributed by atoms with E-state index in [-0.39, 0.29) is 5.91 Å². The lowest BCUT2D eigenvalue weighted by atomic mass is 10.2. The van der Waals surface area contributed by atoms with Crippen molar-refractivity contribution in [2.45, 2.75) is 33.1 Å². The van der Waals surface area contributed by atoms with Crippen LogP contribution in [0, 0.1) is 6.92 Å². The Labute approximate surface area is 108 Å². The summed E-state index contributed by atoms with van der Waals surface area (Å²) in [6, 6.07) is 4.29. The summed E-state index contributed by atoms with van der Waals surface area (Å²) >= 11 is 1.82. The maximum Gasteiger partial charge on any atom is 0.220 e. The number of aryl methyl sites for hydroxylation is 2. The molecule has 2 N–H and O–H groups in total. The van der Waals surface area contributed by atoms with Crippen LogP contribution in [0.25, 0.3) is 0 Å². The van der Waals surface area contributed by atoms with Crippen molar-refractivity contribution in [1.82, 2.24) is 10.6 Å². The first-order valence-corrected chi connectivity index (χ1v) is 7.06. The van der Waals surface area contributed by atoms with E-state index in [1.807, 2.05) is 11.3 Å². The molecule has 0 bridgehead atoms. The van der Waals surface area contributed by atoms with Crippen LogP contribution in [0.5, 0.6) is 0 Å². The highest BCUT2D eigenvalue weighted by atomic mass is 32.1. The zero-order valence-electron chi connectivity index (χ0n) is 10.7. The van der Waals surface area contributed by atoms with Gasteiger partial charge in [-0.3, -0.25) is 4.79 Å². The molecule has 4 heteroatoms. The molecule has 1 aromatic rings. The summed E-state index contributed by atoms with van der Waals surface area (Å²) in [5.74, 6) is 0.163. The number of hydrogen-bond donors (Lipinski definition) is 2. The number of likely N-dealkylation sites (N-methyl/N-ethyl adjacent to an activating group) is 1. The molecule has 0 saturated carbocycles. The Balaban J connectivity index is 2.04. The van der Waals surface area contributed by atoms with Crippen LogP contribution in [-0.2, 0) is 11.2 Å². The monoisotopic (exact) mass is 254 g/mol. The second-order valence-corrected chi connectivity index (χ2v) is 5.44. The van der Waals surface area contributed by atoms with Gasteiger partial charge in [-0.1, -0.05) is 6.92 Å². The minimum absolute atomic E-state index is 0.163. The molecule has 3 nitrogen and oxygen atoms in total. The molecule has 0 unspecified atom stereocenters. The van der Waals surface area contributed by atoms with Crippen molar-refractivity contribution in [1.29, 1.82) is 0 Å². The van der Waals surface area contributed by atoms with E-state index in [1.54, 1.807) is 0 Å². The number of carbonyl (C=O) groups is 1. The molecule has 17 heavy (non-hydrogen) atoms. The molecule has 0 radical (unpaired) electrons. The molecular formula is C13H22N2OS. The number of carbonyl (C=O) groups excluding carboxylic acids is 1. The van der Waals surface area contributed by atoms with Crippen molar-refractivity contribution in [3.8, 4) is 0 Å². The van der Waals surface area contributed by atoms with Crippen LogP contribution >= 0.6 is 11.3 Å². The first kappa shape index (κ1) is 14.2. The molecule has 0 saturated heterocycles. The van der Waals surface area contributed by atoms with E-state index in [0.717, 1.165) is 32.5 Å². The smallest absolute Gasteiger partial charge is 0.220 e. The molecule has 0 aliphatic heterocycles. The minimum Gasteiger partial charge on any atom is -0.355 e. The summed E-state index contributed by atoms with van der Waals surface area (Å²) in [7, 11) is 0. The number of amides is 1. The van der Waals surface area contributed by atoms with Crippen molar-refractivity contribution < 1.29 is 4.79 Å². The molecule has 0 atom stereocenters. The fraction of sp³-hybridized carbons (Fsp3) is 0.615. The number of rotatable bonds is 8. The molecule has 1 aromatic heterocycles. The summed E-state index contributed by atoms with van der Waals surface area (Å²) in [6.45, 7) is 6.71. The van der Waals surface area contributed by atoms with Gasteiger partial charge in [-0.15, -0.1) is 11.3 Å². The second kappa shape index (κ2) is 8.25. The Kier molecular flexibility index (Phi) is 6.89. The van der Waals surface area contributed by atoms with Crippen molar-refractivity contribution in [3.05, 3.63) is 21.9 Å². The lowest BCUT2D eigenvalue weighted by molar-refractivity contribution is -0.121. The van der Waals surface area contributed by atoms with E-state index in [4.69, 9.17) is 0 Å². The van der Waals surface area contributed by atoms with Crippen LogP contribution in [0.3, 0.4) is 0 Å². The molecule has 1 rings (SSSR count). The summed E-state index contributed by atoms with van der Waals surface area (Å²) in [5, 5.41) is 6.09. The normalized spacial score (nSPS) is 10.5. The standard InChI is InChI=1S/C13H22N2OS/c1-3-14-9-10-15-13(16)6-4-5-12-8-7-11(2)17-12/h7-8,14H,3-6,9-10H2,1-2H3,(H,15,16). The van der Waals surface area contributed by atoms with Gasteiger partial charge in [0.1, 0.15) is 0 Å². The van der Waals surface area contributed by atoms with E-state index in [1.165, 1.54) is 9.75 Å². The van der Waals surface area contributed by atoms with Crippen LogP contribution < -0.4 is 10.6 Å². The van der Waals surface area contributed by atoms with Gasteiger partial charge in [-0.25, -0.2) is 0 Å². The quantitative estimate of drug-likeness (QED) is 0.698. The maximum atomic E-state index is 11.5. The number of hydrogen-bond acceptors (Lipinski definition) is 3. The fourth-order valence-electron chi connectivity index (χ4n) is 1.60. The third-order valence-electron chi connectivity index (χ3n) is 2.50. The van der Waals surface area contributed by atoms with Crippen molar-refractivity contribution in [2.75, 3.05) is 19.6 Å². The van der Waals surface area contributed by atoms with Gasteiger partial charge in [0, 0.05) is 29.3 Å². The largest absolute Gasteiger partial charge is 0.355 e. The molecule has 96 valence electrons. The van der Waals surface area contributed by atoms with Gasteiger partial charge in [-0.05, 0) is 38.4 Å². The third kappa shape index (κ3) is 6.44. The van der Waals surface area contributed by atoms with Gasteiger partial charge in [0.25, 0.3) is 0 Å². The predicted octanol–water partition coefficient (Wildman–Crippen LogP) is 2.10. The summed E-state index contributed by atoms with van der Waals surface area (Å²) in [5.41, 5.74) is 0. The van der Waals surface area contributed by atoms with Gasteiger partial charge in [0.05, 0.1) is 0 Å². The second-order valence-electron chi connectivity index (χ2n) is 4.07. The Morgan fingerprint density at radius 2 is 2.18 bits per heavy atom. The molecule has 0 aliphatic carbocycles. The van der Waals surface area contributed by atoms with E-state index < -0.39 is 0 Å². The molecule has 0 aliphatic rings. The summed E-state index contributed by atoms with van der Waals surface area (Å²) in [4.78, 5) is 14.2. The van der Waals surface area contributed by atoms with Crippen LogP contribution in [0.2, 0.25) is 0 Å². The molecule has 0 aromatic carbocycles. The third-order valence-corrected chi connectivity index (χ3v) is 3.56. The van der Waals surface area contributed by atoms with Crippen LogP contribution in [-0.4, -0.2) is 25.5 Å². The Morgan fingerprint density at radius 3 is 2.82 bits per heavy atom. The fourth-order valence-corrected chi connectivity index (χ4v) is 2.53. The van der Waals surface area contributed by atoms with Crippen LogP contribution in [0.1, 0.15) is 29.5 Å². The predicted molar refractivity (Wildman–Crippen MR) is 73.5 cm³/mol. The van der Waals surface area contributed by atoms with Crippen molar-refractivity contribution in [2.24, 2.45) is 0 Å². The molecule has 0 spiro atoms. The Hall–Kier alpha value is -0.870. The summed E-state index contributed by atoms with van der Waals surface area (Å²) in [6.07, 6.45) is 2.58. The van der Waals surface area contributed by atoms with Gasteiger partial charge < -0.3 is 10.6 Å². The highest BCUT2D eigenvalue weighted by Crippen LogP contribution is 2.17. The first-order valence-electron chi connectivity index (χ1n) is 6.25. The zero-order chi connectivity index (χ0) is 12.5. The maximum absolute atomic E-state index is 11.5. The highest BCUT2D eigenvalue weighted by molar-refractivity contribution is 7.11. The van der Waals surface area contributed by atoms with E-state index in [9.17, 15) is 4.79 Å². The highest BCUT2D eigenvalue weighted by Gasteiger charge is 2.02. The number of nitrogens with one attached hydrogen (secondary N) is 2. The van der Waals surface area contributed by atoms with Crippen molar-refractivity contribution >= 4 is 17.2 Å². The zero-order valence-corrected chi connectivity index (χ0v) is 11.5. The molecule has 0 fully saturated rings. The Bertz CT molecular complexity index is 336. The van der Waals surface area contributed by atoms with Gasteiger partial charge in [0.15, 0.2) is 0 Å². The molecule has 1 heterocycles. The van der Waals surface area contributed by atoms with Gasteiger partial charge >= 0.3 is 0 Å². The van der Waals surface area contributed by atoms with Gasteiger partial charge in [0.2, 0.25) is 5.91 Å². The molecule has 1 amide bonds. The topological polar surface area (TPSA) is 41.1 Å². The van der Waals surface area contributed by atoms with Crippen molar-refractivity contribution in [3.63, 3.8) is 0 Å². The van der Waals surface area contributed by atoms with Crippen LogP contribution in [0.15, 0.2) is 12.1 Å². The SMILES string of the molecule is CCNCCNC(=O)CCCc1ccc(C)s1. The minimum atomic E-state index is 0.163. The lowest BCUT2D eigenvalue weighted by Gasteiger charge is -2.04.